The summed E-state index contributed by atoms with van der Waals surface area (Å²) in [5, 5.41) is 0. The second-order valence-corrected chi connectivity index (χ2v) is 2.07. The molecule has 2 radical (unpaired) electrons. The fraction of sp³-hybridized carbons (Fsp3) is 0. The predicted molar refractivity (Wildman–Crippen MR) is 26.0 cm³/mol. The van der Waals surface area contributed by atoms with Gasteiger partial charge in [-0.15, -0.1) is 0 Å². The summed E-state index contributed by atoms with van der Waals surface area (Å²) in [6, 6.07) is 0. The molecule has 0 saturated heterocycles. The molecule has 1 aromatic heterocycles. The van der Waals surface area contributed by atoms with Crippen molar-refractivity contribution in [3.63, 3.8) is 0 Å². The van der Waals surface area contributed by atoms with E-state index in [0.717, 1.165) is 11.5 Å². The van der Waals surface area contributed by atoms with Gasteiger partial charge in [0.2, 0.25) is 0 Å². The van der Waals surface area contributed by atoms with Gasteiger partial charge in [-0.2, -0.15) is 4.37 Å². The maximum absolute atomic E-state index is 10.1. The molecule has 1 heterocycles. The summed E-state index contributed by atoms with van der Waals surface area (Å²) < 4.78 is 8.30. The van der Waals surface area contributed by atoms with Crippen molar-refractivity contribution in [3.05, 3.63) is 9.73 Å². The Hall–Kier alpha value is -0.108. The van der Waals surface area contributed by atoms with E-state index in [9.17, 15) is 4.79 Å². The average molecular weight is 129 g/mol. The molecule has 0 amide bonds. The number of aromatic nitrogens is 1. The molecule has 0 spiro atoms. The fourth-order valence-electron chi connectivity index (χ4n) is 0.205. The van der Waals surface area contributed by atoms with Gasteiger partial charge in [0.25, 0.3) is 16.3 Å². The maximum Gasteiger partial charge on any atom is 0.412 e. The first-order valence-electron chi connectivity index (χ1n) is 1.51. The highest BCUT2D eigenvalue weighted by Crippen LogP contribution is 1.68. The summed E-state index contributed by atoms with van der Waals surface area (Å²) in [5.41, 5.74) is 0. The van der Waals surface area contributed by atoms with E-state index in [4.69, 9.17) is 0 Å². The van der Waals surface area contributed by atoms with E-state index in [1.54, 1.807) is 0 Å². The molecule has 0 fully saturated rings. The molecule has 7 heavy (non-hydrogen) atoms. The average Bonchev–Trinajstić information content (AvgIpc) is 1.87. The zero-order chi connectivity index (χ0) is 5.28. The standard InChI is InChI=1S/C2NO2S.Al/c4-2-5-1-3-6-2;. The van der Waals surface area contributed by atoms with Crippen molar-refractivity contribution in [1.82, 2.24) is 4.37 Å². The molecule has 0 N–H and O–H groups in total. The van der Waals surface area contributed by atoms with Crippen molar-refractivity contribution in [3.8, 4) is 0 Å². The van der Waals surface area contributed by atoms with Gasteiger partial charge in [0.05, 0.1) is 4.75 Å². The second kappa shape index (κ2) is 1.78. The lowest BCUT2D eigenvalue weighted by Crippen LogP contribution is -2.01. The highest BCUT2D eigenvalue weighted by molar-refractivity contribution is 7.03. The van der Waals surface area contributed by atoms with Crippen LogP contribution in [0.4, 0.5) is 0 Å². The van der Waals surface area contributed by atoms with Gasteiger partial charge in [-0.05, 0) is 0 Å². The zero-order valence-corrected chi connectivity index (χ0v) is 5.22. The summed E-state index contributed by atoms with van der Waals surface area (Å²) >= 11 is 2.99. The lowest BCUT2D eigenvalue weighted by Gasteiger charge is -1.66. The van der Waals surface area contributed by atoms with Crippen molar-refractivity contribution in [2.45, 2.75) is 0 Å². The molecule has 0 aromatic carbocycles. The Labute approximate surface area is 51.6 Å². The van der Waals surface area contributed by atoms with Gasteiger partial charge in [-0.1, -0.05) is 0 Å². The van der Waals surface area contributed by atoms with Crippen molar-refractivity contribution in [1.29, 1.82) is 0 Å². The summed E-state index contributed by atoms with van der Waals surface area (Å²) in [7, 11) is 0. The molecular formula is C2AlNO2S. The third-order valence-electron chi connectivity index (χ3n) is 0.398. The van der Waals surface area contributed by atoms with Crippen LogP contribution in [0.25, 0.3) is 0 Å². The molecular weight excluding hydrogens is 129 g/mol. The van der Waals surface area contributed by atoms with Crippen LogP contribution in [0, 0.1) is 0 Å². The number of hydrogen-bond acceptors (Lipinski definition) is 4. The van der Waals surface area contributed by atoms with Gasteiger partial charge in [0.1, 0.15) is 0 Å². The SMILES string of the molecule is O=c1o[c]([Al])ns1. The van der Waals surface area contributed by atoms with Crippen LogP contribution >= 0.6 is 11.5 Å². The highest BCUT2D eigenvalue weighted by atomic mass is 32.1. The molecule has 0 aliphatic carbocycles. The first kappa shape index (κ1) is 5.04. The molecule has 0 aliphatic heterocycles. The quantitative estimate of drug-likeness (QED) is 0.417. The lowest BCUT2D eigenvalue weighted by molar-refractivity contribution is 0.564. The Morgan fingerprint density at radius 1 is 1.86 bits per heavy atom. The van der Waals surface area contributed by atoms with E-state index in [1.165, 1.54) is 0 Å². The minimum atomic E-state index is -0.356. The monoisotopic (exact) mass is 129 g/mol. The van der Waals surface area contributed by atoms with Crippen molar-refractivity contribution < 1.29 is 4.42 Å². The first-order valence-corrected chi connectivity index (χ1v) is 2.86. The van der Waals surface area contributed by atoms with Crippen LogP contribution in [0.1, 0.15) is 0 Å². The van der Waals surface area contributed by atoms with Gasteiger partial charge < -0.3 is 4.42 Å². The van der Waals surface area contributed by atoms with Crippen LogP contribution in [-0.4, -0.2) is 20.7 Å². The Kier molecular flexibility index (Phi) is 1.28. The van der Waals surface area contributed by atoms with Crippen molar-refractivity contribution in [2.75, 3.05) is 0 Å². The van der Waals surface area contributed by atoms with Gasteiger partial charge in [0, 0.05) is 11.5 Å². The minimum Gasteiger partial charge on any atom is -0.422 e. The van der Waals surface area contributed by atoms with Crippen LogP contribution in [-0.2, 0) is 0 Å². The van der Waals surface area contributed by atoms with Gasteiger partial charge in [-0.25, -0.2) is 4.79 Å². The Bertz CT molecular complexity index is 203. The molecule has 0 unspecified atom stereocenters. The predicted octanol–water partition coefficient (Wildman–Crippen LogP) is -1.11. The van der Waals surface area contributed by atoms with Crippen molar-refractivity contribution >= 4 is 32.6 Å². The zero-order valence-electron chi connectivity index (χ0n) is 3.25. The van der Waals surface area contributed by atoms with Crippen molar-refractivity contribution in [2.24, 2.45) is 0 Å². The van der Waals surface area contributed by atoms with E-state index in [1.807, 2.05) is 0 Å². The number of rotatable bonds is 0. The highest BCUT2D eigenvalue weighted by Gasteiger charge is 1.87. The molecule has 3 nitrogen and oxygen atoms in total. The number of nitrogens with zero attached hydrogens (tertiary/aromatic N) is 1. The Balaban J connectivity index is 3.30. The molecule has 0 atom stereocenters. The van der Waals surface area contributed by atoms with Crippen LogP contribution < -0.4 is 9.69 Å². The summed E-state index contributed by atoms with van der Waals surface area (Å²) in [4.78, 5) is 9.71. The molecule has 0 bridgehead atoms. The van der Waals surface area contributed by atoms with Crippen LogP contribution in [0.15, 0.2) is 9.21 Å². The Morgan fingerprint density at radius 2 is 2.57 bits per heavy atom. The minimum absolute atomic E-state index is 0.356. The maximum atomic E-state index is 10.1. The summed E-state index contributed by atoms with van der Waals surface area (Å²) in [5.74, 6) is 0. The first-order chi connectivity index (χ1) is 3.29. The van der Waals surface area contributed by atoms with E-state index >= 15 is 0 Å². The summed E-state index contributed by atoms with van der Waals surface area (Å²) in [6.45, 7) is 0. The molecule has 1 aromatic rings. The fourth-order valence-corrected chi connectivity index (χ4v) is 0.880. The molecule has 0 saturated carbocycles. The van der Waals surface area contributed by atoms with Crippen LogP contribution in [0.5, 0.6) is 0 Å². The normalized spacial score (nSPS) is 9.14. The molecule has 0 aliphatic rings. The topological polar surface area (TPSA) is 43.1 Å². The van der Waals surface area contributed by atoms with E-state index < -0.39 is 0 Å². The third-order valence-corrected chi connectivity index (χ3v) is 1.34. The van der Waals surface area contributed by atoms with Crippen LogP contribution in [0.3, 0.4) is 0 Å². The van der Waals surface area contributed by atoms with E-state index in [0.29, 0.717) is 4.75 Å². The molecule has 1 rings (SSSR count). The second-order valence-electron chi connectivity index (χ2n) is 0.873. The third kappa shape index (κ3) is 1.13. The molecule has 34 valence electrons. The largest absolute Gasteiger partial charge is 0.422 e. The number of hydrogen-bond donors (Lipinski definition) is 0. The van der Waals surface area contributed by atoms with E-state index in [2.05, 4.69) is 25.1 Å². The lowest BCUT2D eigenvalue weighted by atomic mass is 11.5. The van der Waals surface area contributed by atoms with Gasteiger partial charge in [-0.3, -0.25) is 0 Å². The van der Waals surface area contributed by atoms with Gasteiger partial charge in [0.15, 0.2) is 0 Å². The molecule has 5 heteroatoms. The van der Waals surface area contributed by atoms with Gasteiger partial charge >= 0.3 is 4.94 Å². The Morgan fingerprint density at radius 3 is 2.71 bits per heavy atom. The summed E-state index contributed by atoms with van der Waals surface area (Å²) in [6.07, 6.45) is 0. The van der Waals surface area contributed by atoms with Crippen LogP contribution in [0.2, 0.25) is 0 Å². The smallest absolute Gasteiger partial charge is 0.412 e. The van der Waals surface area contributed by atoms with E-state index in [-0.39, 0.29) is 4.94 Å².